The molecule has 0 aromatic heterocycles. The zero-order valence-corrected chi connectivity index (χ0v) is 17.6. The second-order valence-corrected chi connectivity index (χ2v) is 7.49. The van der Waals surface area contributed by atoms with E-state index in [-0.39, 0.29) is 5.91 Å². The minimum atomic E-state index is -0.239. The molecule has 31 heavy (non-hydrogen) atoms. The fraction of sp³-hybridized carbons (Fsp3) is 0.111. The van der Waals surface area contributed by atoms with E-state index in [0.29, 0.717) is 17.9 Å². The fourth-order valence-corrected chi connectivity index (χ4v) is 3.42. The van der Waals surface area contributed by atoms with Gasteiger partial charge in [-0.3, -0.25) is 4.79 Å². The summed E-state index contributed by atoms with van der Waals surface area (Å²) in [5, 5.41) is 6.32. The molecule has 154 valence electrons. The van der Waals surface area contributed by atoms with Gasteiger partial charge in [0.15, 0.2) is 0 Å². The summed E-state index contributed by atoms with van der Waals surface area (Å²) in [5.41, 5.74) is 7.28. The van der Waals surface area contributed by atoms with Gasteiger partial charge in [0.05, 0.1) is 6.21 Å². The molecule has 0 radical (unpaired) electrons. The van der Waals surface area contributed by atoms with Gasteiger partial charge >= 0.3 is 0 Å². The summed E-state index contributed by atoms with van der Waals surface area (Å²) in [4.78, 5) is 12.5. The quantitative estimate of drug-likeness (QED) is 0.324. The molecule has 0 aliphatic rings. The van der Waals surface area contributed by atoms with E-state index >= 15 is 0 Å². The Balaban J connectivity index is 1.59. The van der Waals surface area contributed by atoms with Crippen LogP contribution in [0.1, 0.15) is 32.6 Å². The molecule has 1 N–H and O–H groups in total. The number of nitrogens with one attached hydrogen (secondary N) is 1. The highest BCUT2D eigenvalue weighted by atomic mass is 16.5. The Labute approximate surface area is 182 Å². The SMILES string of the molecule is Cc1ccc(COc2ccc3ccccc3c2/C=N/NC(=O)c2ccccc2C)cc1. The molecule has 0 aliphatic carbocycles. The molecule has 0 bridgehead atoms. The van der Waals surface area contributed by atoms with Gasteiger partial charge in [-0.15, -0.1) is 0 Å². The number of ether oxygens (including phenoxy) is 1. The van der Waals surface area contributed by atoms with E-state index in [0.717, 1.165) is 27.5 Å². The zero-order valence-electron chi connectivity index (χ0n) is 17.6. The topological polar surface area (TPSA) is 50.7 Å². The van der Waals surface area contributed by atoms with Gasteiger partial charge in [-0.25, -0.2) is 5.43 Å². The largest absolute Gasteiger partial charge is 0.488 e. The molecule has 0 heterocycles. The van der Waals surface area contributed by atoms with E-state index in [4.69, 9.17) is 4.74 Å². The van der Waals surface area contributed by atoms with Gasteiger partial charge in [0.1, 0.15) is 12.4 Å². The molecule has 0 spiro atoms. The van der Waals surface area contributed by atoms with Crippen molar-refractivity contribution in [2.75, 3.05) is 0 Å². The van der Waals surface area contributed by atoms with Crippen LogP contribution in [0.25, 0.3) is 10.8 Å². The van der Waals surface area contributed by atoms with Crippen molar-refractivity contribution in [3.8, 4) is 5.75 Å². The molecule has 0 saturated carbocycles. The molecule has 4 rings (SSSR count). The summed E-state index contributed by atoms with van der Waals surface area (Å²) in [6, 6.07) is 27.7. The summed E-state index contributed by atoms with van der Waals surface area (Å²) >= 11 is 0. The molecular formula is C27H24N2O2. The summed E-state index contributed by atoms with van der Waals surface area (Å²) in [7, 11) is 0. The van der Waals surface area contributed by atoms with Gasteiger partial charge in [0.2, 0.25) is 0 Å². The molecule has 0 atom stereocenters. The predicted octanol–water partition coefficient (Wildman–Crippen LogP) is 5.80. The smallest absolute Gasteiger partial charge is 0.271 e. The standard InChI is InChI=1S/C27H24N2O2/c1-19-11-13-21(14-12-19)18-31-26-16-15-22-8-4-6-10-24(22)25(26)17-28-29-27(30)23-9-5-3-7-20(23)2/h3-17H,18H2,1-2H3,(H,29,30)/b28-17+. The minimum Gasteiger partial charge on any atom is -0.488 e. The first-order chi connectivity index (χ1) is 15.1. The van der Waals surface area contributed by atoms with E-state index in [1.807, 2.05) is 61.5 Å². The Morgan fingerprint density at radius 3 is 2.45 bits per heavy atom. The number of hydrogen-bond acceptors (Lipinski definition) is 3. The summed E-state index contributed by atoms with van der Waals surface area (Å²) in [6.45, 7) is 4.42. The van der Waals surface area contributed by atoms with Crippen LogP contribution in [-0.4, -0.2) is 12.1 Å². The fourth-order valence-electron chi connectivity index (χ4n) is 3.42. The molecule has 0 saturated heterocycles. The maximum Gasteiger partial charge on any atom is 0.271 e. The molecule has 4 nitrogen and oxygen atoms in total. The Bertz CT molecular complexity index is 1240. The number of aryl methyl sites for hydroxylation is 2. The number of fused-ring (bicyclic) bond motifs is 1. The van der Waals surface area contributed by atoms with E-state index in [2.05, 4.69) is 41.7 Å². The van der Waals surface area contributed by atoms with E-state index in [1.165, 1.54) is 5.56 Å². The number of benzene rings is 4. The maximum absolute atomic E-state index is 12.5. The number of carbonyl (C=O) groups excluding carboxylic acids is 1. The number of amides is 1. The first kappa shape index (κ1) is 20.4. The van der Waals surface area contributed by atoms with Crippen molar-refractivity contribution in [2.24, 2.45) is 5.10 Å². The lowest BCUT2D eigenvalue weighted by Crippen LogP contribution is -2.18. The Morgan fingerprint density at radius 2 is 1.65 bits per heavy atom. The summed E-state index contributed by atoms with van der Waals surface area (Å²) in [6.07, 6.45) is 1.66. The van der Waals surface area contributed by atoms with Gasteiger partial charge in [0.25, 0.3) is 5.91 Å². The number of hydrogen-bond donors (Lipinski definition) is 1. The van der Waals surface area contributed by atoms with Crippen LogP contribution in [-0.2, 0) is 6.61 Å². The lowest BCUT2D eigenvalue weighted by molar-refractivity contribution is 0.0954. The maximum atomic E-state index is 12.5. The average molecular weight is 409 g/mol. The van der Waals surface area contributed by atoms with Crippen molar-refractivity contribution < 1.29 is 9.53 Å². The molecule has 4 aromatic carbocycles. The van der Waals surface area contributed by atoms with E-state index in [1.54, 1.807) is 12.3 Å². The second kappa shape index (κ2) is 9.26. The molecule has 0 unspecified atom stereocenters. The van der Waals surface area contributed by atoms with Crippen LogP contribution >= 0.6 is 0 Å². The van der Waals surface area contributed by atoms with Gasteiger partial charge < -0.3 is 4.74 Å². The highest BCUT2D eigenvalue weighted by molar-refractivity contribution is 6.03. The van der Waals surface area contributed by atoms with Crippen molar-refractivity contribution in [1.29, 1.82) is 0 Å². The Hall–Kier alpha value is -3.92. The average Bonchev–Trinajstić information content (AvgIpc) is 2.79. The third kappa shape index (κ3) is 4.81. The van der Waals surface area contributed by atoms with Gasteiger partial charge in [-0.05, 0) is 47.9 Å². The molecule has 0 fully saturated rings. The van der Waals surface area contributed by atoms with Crippen molar-refractivity contribution in [3.05, 3.63) is 113 Å². The van der Waals surface area contributed by atoms with Gasteiger partial charge in [0, 0.05) is 11.1 Å². The minimum absolute atomic E-state index is 0.239. The van der Waals surface area contributed by atoms with Crippen LogP contribution in [0.3, 0.4) is 0 Å². The summed E-state index contributed by atoms with van der Waals surface area (Å²) < 4.78 is 6.13. The molecule has 0 aliphatic heterocycles. The van der Waals surface area contributed by atoms with Crippen molar-refractivity contribution in [1.82, 2.24) is 5.43 Å². The molecule has 4 aromatic rings. The van der Waals surface area contributed by atoms with Crippen LogP contribution in [0.4, 0.5) is 0 Å². The number of nitrogens with zero attached hydrogens (tertiary/aromatic N) is 1. The predicted molar refractivity (Wildman–Crippen MR) is 126 cm³/mol. The lowest BCUT2D eigenvalue weighted by atomic mass is 10.0. The number of rotatable bonds is 6. The van der Waals surface area contributed by atoms with Crippen molar-refractivity contribution in [3.63, 3.8) is 0 Å². The number of hydrazone groups is 1. The van der Waals surface area contributed by atoms with Crippen molar-refractivity contribution >= 4 is 22.9 Å². The third-order valence-electron chi connectivity index (χ3n) is 5.20. The molecule has 4 heteroatoms. The Kier molecular flexibility index (Phi) is 6.08. The van der Waals surface area contributed by atoms with E-state index < -0.39 is 0 Å². The first-order valence-electron chi connectivity index (χ1n) is 10.2. The van der Waals surface area contributed by atoms with Crippen molar-refractivity contribution in [2.45, 2.75) is 20.5 Å². The highest BCUT2D eigenvalue weighted by Gasteiger charge is 2.09. The Morgan fingerprint density at radius 1 is 0.903 bits per heavy atom. The molecular weight excluding hydrogens is 384 g/mol. The zero-order chi connectivity index (χ0) is 21.6. The molecule has 1 amide bonds. The van der Waals surface area contributed by atoms with Crippen LogP contribution in [0.15, 0.2) is 90.0 Å². The highest BCUT2D eigenvalue weighted by Crippen LogP contribution is 2.27. The second-order valence-electron chi connectivity index (χ2n) is 7.49. The monoisotopic (exact) mass is 408 g/mol. The van der Waals surface area contributed by atoms with Crippen LogP contribution < -0.4 is 10.2 Å². The van der Waals surface area contributed by atoms with Crippen LogP contribution in [0, 0.1) is 13.8 Å². The third-order valence-corrected chi connectivity index (χ3v) is 5.20. The van der Waals surface area contributed by atoms with Crippen LogP contribution in [0.2, 0.25) is 0 Å². The van der Waals surface area contributed by atoms with Crippen LogP contribution in [0.5, 0.6) is 5.75 Å². The lowest BCUT2D eigenvalue weighted by Gasteiger charge is -2.12. The van der Waals surface area contributed by atoms with Gasteiger partial charge in [-0.2, -0.15) is 5.10 Å². The normalized spacial score (nSPS) is 11.0. The number of carbonyl (C=O) groups is 1. The first-order valence-corrected chi connectivity index (χ1v) is 10.2. The van der Waals surface area contributed by atoms with E-state index in [9.17, 15) is 4.79 Å². The summed E-state index contributed by atoms with van der Waals surface area (Å²) in [5.74, 6) is 0.477. The van der Waals surface area contributed by atoms with Gasteiger partial charge in [-0.1, -0.05) is 78.4 Å².